The van der Waals surface area contributed by atoms with E-state index in [0.29, 0.717) is 5.75 Å². The first-order valence-electron chi connectivity index (χ1n) is 7.66. The average Bonchev–Trinajstić information content (AvgIpc) is 2.65. The summed E-state index contributed by atoms with van der Waals surface area (Å²) < 4.78 is 23.8. The molecule has 1 atom stereocenters. The van der Waals surface area contributed by atoms with Crippen LogP contribution in [-0.2, 0) is 14.3 Å². The molecule has 0 aliphatic heterocycles. The molecule has 26 heavy (non-hydrogen) atoms. The molecule has 0 aromatic heterocycles. The normalized spacial score (nSPS) is 11.5. The number of nitrogens with one attached hydrogen (secondary N) is 2. The zero-order chi connectivity index (χ0) is 19.1. The Morgan fingerprint density at radius 3 is 2.54 bits per heavy atom. The quantitative estimate of drug-likeness (QED) is 0.755. The lowest BCUT2D eigenvalue weighted by molar-refractivity contribution is -0.136. The topological polar surface area (TPSA) is 76.7 Å². The van der Waals surface area contributed by atoms with Crippen molar-refractivity contribution in [2.75, 3.05) is 26.1 Å². The van der Waals surface area contributed by atoms with Crippen LogP contribution in [0.4, 0.5) is 10.1 Å². The highest BCUT2D eigenvalue weighted by Crippen LogP contribution is 2.26. The fourth-order valence-corrected chi connectivity index (χ4v) is 2.46. The summed E-state index contributed by atoms with van der Waals surface area (Å²) in [6.07, 6.45) is -0.497. The first kappa shape index (κ1) is 19.7. The number of rotatable bonds is 6. The van der Waals surface area contributed by atoms with E-state index in [1.54, 1.807) is 12.1 Å². The lowest BCUT2D eigenvalue weighted by Gasteiger charge is -2.18. The Morgan fingerprint density at radius 2 is 1.88 bits per heavy atom. The summed E-state index contributed by atoms with van der Waals surface area (Å²) in [4.78, 5) is 23.9. The van der Waals surface area contributed by atoms with Crippen molar-refractivity contribution < 1.29 is 23.5 Å². The van der Waals surface area contributed by atoms with Gasteiger partial charge >= 0.3 is 11.8 Å². The van der Waals surface area contributed by atoms with Gasteiger partial charge in [-0.05, 0) is 24.3 Å². The Kier molecular flexibility index (Phi) is 6.94. The smallest absolute Gasteiger partial charge is 0.313 e. The molecule has 0 saturated carbocycles. The van der Waals surface area contributed by atoms with Gasteiger partial charge in [-0.3, -0.25) is 9.59 Å². The Bertz CT molecular complexity index is 801. The van der Waals surface area contributed by atoms with Crippen LogP contribution in [0, 0.1) is 5.82 Å². The van der Waals surface area contributed by atoms with Gasteiger partial charge in [0.05, 0.1) is 12.1 Å². The van der Waals surface area contributed by atoms with E-state index in [2.05, 4.69) is 10.6 Å². The van der Waals surface area contributed by atoms with E-state index < -0.39 is 23.7 Å². The van der Waals surface area contributed by atoms with Gasteiger partial charge in [0, 0.05) is 24.9 Å². The van der Waals surface area contributed by atoms with E-state index in [1.807, 2.05) is 12.1 Å². The van der Waals surface area contributed by atoms with Gasteiger partial charge in [0.15, 0.2) is 0 Å². The molecule has 2 aromatic carbocycles. The van der Waals surface area contributed by atoms with Gasteiger partial charge in [-0.2, -0.15) is 0 Å². The predicted octanol–water partition coefficient (Wildman–Crippen LogP) is 2.93. The number of benzene rings is 2. The molecule has 2 N–H and O–H groups in total. The largest absolute Gasteiger partial charge is 0.496 e. The third-order valence-electron chi connectivity index (χ3n) is 3.60. The van der Waals surface area contributed by atoms with E-state index in [9.17, 15) is 14.0 Å². The van der Waals surface area contributed by atoms with E-state index in [1.165, 1.54) is 26.4 Å². The second-order valence-electron chi connectivity index (χ2n) is 5.26. The number of carbonyl (C=O) groups is 2. The highest BCUT2D eigenvalue weighted by molar-refractivity contribution is 6.39. The van der Waals surface area contributed by atoms with Crippen LogP contribution >= 0.6 is 11.6 Å². The summed E-state index contributed by atoms with van der Waals surface area (Å²) in [5.41, 5.74) is 0.952. The molecule has 138 valence electrons. The van der Waals surface area contributed by atoms with E-state index >= 15 is 0 Å². The molecule has 0 heterocycles. The van der Waals surface area contributed by atoms with Crippen LogP contribution in [0.3, 0.4) is 0 Å². The monoisotopic (exact) mass is 380 g/mol. The number of halogens is 2. The molecule has 0 fully saturated rings. The number of para-hydroxylation sites is 1. The molecule has 0 radical (unpaired) electrons. The minimum absolute atomic E-state index is 0.0628. The molecule has 0 spiro atoms. The van der Waals surface area contributed by atoms with Gasteiger partial charge in [-0.25, -0.2) is 4.39 Å². The van der Waals surface area contributed by atoms with Gasteiger partial charge in [0.25, 0.3) is 0 Å². The molecular formula is C18H18ClFN2O4. The highest BCUT2D eigenvalue weighted by atomic mass is 35.5. The van der Waals surface area contributed by atoms with Crippen molar-refractivity contribution in [2.45, 2.75) is 6.10 Å². The zero-order valence-corrected chi connectivity index (χ0v) is 15.0. The highest BCUT2D eigenvalue weighted by Gasteiger charge is 2.19. The second kappa shape index (κ2) is 9.17. The molecule has 0 aliphatic rings. The number of methoxy groups -OCH3 is 2. The number of hydrogen-bond donors (Lipinski definition) is 2. The first-order chi connectivity index (χ1) is 12.5. The van der Waals surface area contributed by atoms with Crippen molar-refractivity contribution in [3.05, 3.63) is 58.9 Å². The van der Waals surface area contributed by atoms with Gasteiger partial charge in [0.2, 0.25) is 0 Å². The van der Waals surface area contributed by atoms with Crippen LogP contribution in [-0.4, -0.2) is 32.6 Å². The van der Waals surface area contributed by atoms with Gasteiger partial charge in [0.1, 0.15) is 17.7 Å². The average molecular weight is 381 g/mol. The fourth-order valence-electron chi connectivity index (χ4n) is 2.28. The van der Waals surface area contributed by atoms with E-state index in [-0.39, 0.29) is 17.3 Å². The first-order valence-corrected chi connectivity index (χ1v) is 8.04. The molecular weight excluding hydrogens is 363 g/mol. The molecule has 8 heteroatoms. The number of amides is 2. The van der Waals surface area contributed by atoms with Crippen molar-refractivity contribution in [3.8, 4) is 5.75 Å². The molecule has 2 aromatic rings. The Hall–Kier alpha value is -2.64. The van der Waals surface area contributed by atoms with Crippen molar-refractivity contribution >= 4 is 29.1 Å². The van der Waals surface area contributed by atoms with Crippen LogP contribution in [0.15, 0.2) is 42.5 Å². The third-order valence-corrected chi connectivity index (χ3v) is 3.89. The molecule has 0 saturated heterocycles. The molecule has 6 nitrogen and oxygen atoms in total. The lowest BCUT2D eigenvalue weighted by Crippen LogP contribution is -2.38. The molecule has 0 bridgehead atoms. The minimum atomic E-state index is -0.900. The second-order valence-corrected chi connectivity index (χ2v) is 5.67. The van der Waals surface area contributed by atoms with Crippen molar-refractivity contribution in [2.24, 2.45) is 0 Å². The molecule has 0 unspecified atom stereocenters. The summed E-state index contributed by atoms with van der Waals surface area (Å²) >= 11 is 5.64. The van der Waals surface area contributed by atoms with Crippen LogP contribution < -0.4 is 15.4 Å². The summed E-state index contributed by atoms with van der Waals surface area (Å²) in [7, 11) is 3.02. The maximum atomic E-state index is 13.1. The Balaban J connectivity index is 1.97. The minimum Gasteiger partial charge on any atom is -0.496 e. The van der Waals surface area contributed by atoms with Gasteiger partial charge in [-0.15, -0.1) is 0 Å². The maximum absolute atomic E-state index is 13.1. The summed E-state index contributed by atoms with van der Waals surface area (Å²) in [6, 6.07) is 10.8. The van der Waals surface area contributed by atoms with Crippen molar-refractivity contribution in [3.63, 3.8) is 0 Å². The van der Waals surface area contributed by atoms with Crippen molar-refractivity contribution in [1.82, 2.24) is 5.32 Å². The summed E-state index contributed by atoms with van der Waals surface area (Å²) in [5.74, 6) is -1.77. The molecule has 0 aliphatic carbocycles. The van der Waals surface area contributed by atoms with E-state index in [0.717, 1.165) is 11.6 Å². The van der Waals surface area contributed by atoms with Gasteiger partial charge in [-0.1, -0.05) is 29.8 Å². The van der Waals surface area contributed by atoms with Crippen LogP contribution in [0.2, 0.25) is 5.02 Å². The predicted molar refractivity (Wildman–Crippen MR) is 95.8 cm³/mol. The number of hydrogen-bond acceptors (Lipinski definition) is 4. The van der Waals surface area contributed by atoms with Crippen LogP contribution in [0.1, 0.15) is 11.7 Å². The third kappa shape index (κ3) is 4.93. The maximum Gasteiger partial charge on any atom is 0.313 e. The Labute approximate surface area is 155 Å². The number of carbonyl (C=O) groups excluding carboxylic acids is 2. The van der Waals surface area contributed by atoms with Gasteiger partial charge < -0.3 is 20.1 Å². The standard InChI is InChI=1S/C18H18ClFN2O4/c1-25-15-6-4-3-5-12(15)16(26-2)10-21-17(23)18(24)22-11-7-8-14(20)13(19)9-11/h3-9,16H,10H2,1-2H3,(H,21,23)(H,22,24)/t16-/m1/s1. The van der Waals surface area contributed by atoms with Crippen molar-refractivity contribution in [1.29, 1.82) is 0 Å². The number of ether oxygens (including phenoxy) is 2. The van der Waals surface area contributed by atoms with Crippen LogP contribution in [0.5, 0.6) is 5.75 Å². The SMILES string of the molecule is COc1ccccc1[C@@H](CNC(=O)C(=O)Nc1ccc(F)c(Cl)c1)OC. The molecule has 2 rings (SSSR count). The summed E-state index contributed by atoms with van der Waals surface area (Å²) in [5, 5.41) is 4.68. The fraction of sp³-hybridized carbons (Fsp3) is 0.222. The van der Waals surface area contributed by atoms with Crippen LogP contribution in [0.25, 0.3) is 0 Å². The zero-order valence-electron chi connectivity index (χ0n) is 14.2. The molecule has 2 amide bonds. The number of anilines is 1. The Morgan fingerprint density at radius 1 is 1.15 bits per heavy atom. The van der Waals surface area contributed by atoms with E-state index in [4.69, 9.17) is 21.1 Å². The summed E-state index contributed by atoms with van der Waals surface area (Å²) in [6.45, 7) is 0.0628. The lowest BCUT2D eigenvalue weighted by atomic mass is 10.1.